The van der Waals surface area contributed by atoms with Gasteiger partial charge in [-0.25, -0.2) is 0 Å². The molecule has 170 valence electrons. The summed E-state index contributed by atoms with van der Waals surface area (Å²) in [6.45, 7) is 2.16. The number of benzene rings is 4. The van der Waals surface area contributed by atoms with Gasteiger partial charge in [-0.1, -0.05) is 97.1 Å². The van der Waals surface area contributed by atoms with Crippen molar-refractivity contribution in [2.75, 3.05) is 4.90 Å². The molecular formula is C33H27NS. The highest BCUT2D eigenvalue weighted by molar-refractivity contribution is 7.10. The molecule has 0 N–H and O–H groups in total. The van der Waals surface area contributed by atoms with E-state index in [1.165, 1.54) is 32.8 Å². The second-order valence-corrected chi connectivity index (χ2v) is 9.38. The summed E-state index contributed by atoms with van der Waals surface area (Å²) in [5.74, 6) is 0. The molecule has 0 unspecified atom stereocenters. The lowest BCUT2D eigenvalue weighted by molar-refractivity contribution is 1.25. The topological polar surface area (TPSA) is 3.24 Å². The van der Waals surface area contributed by atoms with E-state index in [0.29, 0.717) is 0 Å². The molecule has 35 heavy (non-hydrogen) atoms. The van der Waals surface area contributed by atoms with Crippen LogP contribution in [0.5, 0.6) is 0 Å². The van der Waals surface area contributed by atoms with Crippen molar-refractivity contribution in [3.8, 4) is 0 Å². The van der Waals surface area contributed by atoms with Gasteiger partial charge in [0.1, 0.15) is 0 Å². The summed E-state index contributed by atoms with van der Waals surface area (Å²) in [5, 5.41) is 2.10. The summed E-state index contributed by atoms with van der Waals surface area (Å²) in [6, 6.07) is 40.6. The first-order chi connectivity index (χ1) is 17.3. The van der Waals surface area contributed by atoms with Crippen molar-refractivity contribution < 1.29 is 0 Å². The molecule has 1 aromatic heterocycles. The number of rotatable bonds is 7. The molecule has 1 heterocycles. The molecule has 2 heteroatoms. The predicted molar refractivity (Wildman–Crippen MR) is 154 cm³/mol. The van der Waals surface area contributed by atoms with Crippen molar-refractivity contribution >= 4 is 52.7 Å². The molecule has 0 spiro atoms. The van der Waals surface area contributed by atoms with Crippen LogP contribution in [0.15, 0.2) is 121 Å². The molecule has 0 amide bonds. The number of hydrogen-bond acceptors (Lipinski definition) is 2. The Morgan fingerprint density at radius 1 is 0.543 bits per heavy atom. The number of nitrogens with zero attached hydrogens (tertiary/aromatic N) is 1. The monoisotopic (exact) mass is 469 g/mol. The van der Waals surface area contributed by atoms with E-state index in [1.54, 1.807) is 11.3 Å². The smallest absolute Gasteiger partial charge is 0.0490 e. The first-order valence-electron chi connectivity index (χ1n) is 11.8. The molecular weight excluding hydrogens is 442 g/mol. The first kappa shape index (κ1) is 22.6. The standard InChI is InChI=1S/C33H27NS/c1-26-9-5-6-15-33(26)34(30-11-3-2-4-12-30)31-13-7-10-29(25-31)21-20-27-16-18-28(19-17-27)22-23-32-14-8-24-35-32/h2-25H,1H3/b21-20+,23-22+. The molecule has 1 nitrogen and oxygen atoms in total. The Kier molecular flexibility index (Phi) is 7.02. The van der Waals surface area contributed by atoms with Crippen LogP contribution in [0.2, 0.25) is 0 Å². The number of hydrogen-bond donors (Lipinski definition) is 0. The Labute approximate surface area is 212 Å². The molecule has 0 bridgehead atoms. The van der Waals surface area contributed by atoms with Crippen LogP contribution in [-0.4, -0.2) is 0 Å². The van der Waals surface area contributed by atoms with E-state index in [2.05, 4.69) is 157 Å². The largest absolute Gasteiger partial charge is 0.310 e. The minimum absolute atomic E-state index is 1.14. The fourth-order valence-electron chi connectivity index (χ4n) is 4.06. The van der Waals surface area contributed by atoms with E-state index in [4.69, 9.17) is 0 Å². The van der Waals surface area contributed by atoms with Gasteiger partial charge in [0, 0.05) is 21.9 Å². The number of anilines is 3. The molecule has 5 rings (SSSR count). The van der Waals surface area contributed by atoms with Crippen molar-refractivity contribution in [3.63, 3.8) is 0 Å². The summed E-state index contributed by atoms with van der Waals surface area (Å²) in [5.41, 5.74) is 8.27. The zero-order valence-electron chi connectivity index (χ0n) is 19.7. The molecule has 0 atom stereocenters. The third kappa shape index (κ3) is 5.68. The van der Waals surface area contributed by atoms with E-state index >= 15 is 0 Å². The fourth-order valence-corrected chi connectivity index (χ4v) is 4.68. The van der Waals surface area contributed by atoms with Crippen molar-refractivity contribution in [2.24, 2.45) is 0 Å². The third-order valence-electron chi connectivity index (χ3n) is 5.89. The number of aryl methyl sites for hydroxylation is 1. The molecule has 0 radical (unpaired) electrons. The Bertz CT molecular complexity index is 1430. The van der Waals surface area contributed by atoms with Crippen LogP contribution in [0.1, 0.15) is 27.1 Å². The summed E-state index contributed by atoms with van der Waals surface area (Å²) in [7, 11) is 0. The summed E-state index contributed by atoms with van der Waals surface area (Å²) >= 11 is 1.75. The Morgan fingerprint density at radius 2 is 1.20 bits per heavy atom. The minimum Gasteiger partial charge on any atom is -0.310 e. The summed E-state index contributed by atoms with van der Waals surface area (Å²) in [6.07, 6.45) is 8.67. The van der Waals surface area contributed by atoms with Crippen molar-refractivity contribution in [2.45, 2.75) is 6.92 Å². The highest BCUT2D eigenvalue weighted by atomic mass is 32.1. The molecule has 5 aromatic rings. The van der Waals surface area contributed by atoms with Crippen LogP contribution in [0, 0.1) is 6.92 Å². The van der Waals surface area contributed by atoms with Gasteiger partial charge in [-0.3, -0.25) is 0 Å². The SMILES string of the molecule is Cc1ccccc1N(c1ccccc1)c1cccc(/C=C/c2ccc(/C=C/c3cccs3)cc2)c1. The second-order valence-electron chi connectivity index (χ2n) is 8.40. The van der Waals surface area contributed by atoms with Crippen LogP contribution in [0.3, 0.4) is 0 Å². The van der Waals surface area contributed by atoms with E-state index in [-0.39, 0.29) is 0 Å². The third-order valence-corrected chi connectivity index (χ3v) is 6.72. The quantitative estimate of drug-likeness (QED) is 0.214. The zero-order chi connectivity index (χ0) is 23.9. The van der Waals surface area contributed by atoms with Crippen LogP contribution in [0.25, 0.3) is 24.3 Å². The summed E-state index contributed by atoms with van der Waals surface area (Å²) in [4.78, 5) is 3.59. The molecule has 0 saturated carbocycles. The van der Waals surface area contributed by atoms with Gasteiger partial charge in [-0.15, -0.1) is 11.3 Å². The van der Waals surface area contributed by atoms with E-state index in [1.807, 2.05) is 0 Å². The zero-order valence-corrected chi connectivity index (χ0v) is 20.5. The van der Waals surface area contributed by atoms with Gasteiger partial charge in [0.15, 0.2) is 0 Å². The van der Waals surface area contributed by atoms with Gasteiger partial charge >= 0.3 is 0 Å². The molecule has 0 aliphatic heterocycles. The van der Waals surface area contributed by atoms with Gasteiger partial charge in [0.25, 0.3) is 0 Å². The van der Waals surface area contributed by atoms with Crippen LogP contribution < -0.4 is 4.90 Å². The predicted octanol–water partition coefficient (Wildman–Crippen LogP) is 9.87. The molecule has 0 fully saturated rings. The fraction of sp³-hybridized carbons (Fsp3) is 0.0303. The number of para-hydroxylation sites is 2. The lowest BCUT2D eigenvalue weighted by Gasteiger charge is -2.27. The lowest BCUT2D eigenvalue weighted by Crippen LogP contribution is -2.11. The molecule has 4 aromatic carbocycles. The maximum absolute atomic E-state index is 2.32. The minimum atomic E-state index is 1.14. The molecule has 0 aliphatic rings. The summed E-state index contributed by atoms with van der Waals surface area (Å²) < 4.78 is 0. The Balaban J connectivity index is 1.39. The Morgan fingerprint density at radius 3 is 1.91 bits per heavy atom. The van der Waals surface area contributed by atoms with Crippen molar-refractivity contribution in [3.05, 3.63) is 148 Å². The van der Waals surface area contributed by atoms with Crippen LogP contribution in [0.4, 0.5) is 17.1 Å². The normalized spacial score (nSPS) is 11.3. The van der Waals surface area contributed by atoms with Crippen molar-refractivity contribution in [1.29, 1.82) is 0 Å². The lowest BCUT2D eigenvalue weighted by atomic mass is 10.1. The average molecular weight is 470 g/mol. The first-order valence-corrected chi connectivity index (χ1v) is 12.6. The Hall–Kier alpha value is -4.14. The van der Waals surface area contributed by atoms with Crippen LogP contribution >= 0.6 is 11.3 Å². The van der Waals surface area contributed by atoms with Gasteiger partial charge in [-0.05, 0) is 77.0 Å². The maximum Gasteiger partial charge on any atom is 0.0490 e. The van der Waals surface area contributed by atoms with Crippen LogP contribution in [-0.2, 0) is 0 Å². The highest BCUT2D eigenvalue weighted by Gasteiger charge is 2.13. The van der Waals surface area contributed by atoms with E-state index in [0.717, 1.165) is 11.4 Å². The van der Waals surface area contributed by atoms with Gasteiger partial charge in [-0.2, -0.15) is 0 Å². The molecule has 0 saturated heterocycles. The van der Waals surface area contributed by atoms with Crippen molar-refractivity contribution in [1.82, 2.24) is 0 Å². The van der Waals surface area contributed by atoms with Gasteiger partial charge in [0.05, 0.1) is 0 Å². The van der Waals surface area contributed by atoms with Gasteiger partial charge < -0.3 is 4.90 Å². The highest BCUT2D eigenvalue weighted by Crippen LogP contribution is 2.36. The molecule has 0 aliphatic carbocycles. The van der Waals surface area contributed by atoms with Gasteiger partial charge in [0.2, 0.25) is 0 Å². The number of thiophene rings is 1. The average Bonchev–Trinajstić information content (AvgIpc) is 3.43. The second kappa shape index (κ2) is 10.9. The van der Waals surface area contributed by atoms with E-state index in [9.17, 15) is 0 Å². The van der Waals surface area contributed by atoms with E-state index < -0.39 is 0 Å². The maximum atomic E-state index is 2.32.